The summed E-state index contributed by atoms with van der Waals surface area (Å²) in [6.45, 7) is 5.34. The minimum atomic E-state index is -1.36. The Hall–Kier alpha value is -3.82. The lowest BCUT2D eigenvalue weighted by atomic mass is 9.93. The van der Waals surface area contributed by atoms with E-state index in [2.05, 4.69) is 35.9 Å². The fourth-order valence-electron chi connectivity index (χ4n) is 5.68. The first-order chi connectivity index (χ1) is 20.7. The molecule has 0 aliphatic heterocycles. The quantitative estimate of drug-likeness (QED) is 0.163. The maximum absolute atomic E-state index is 14.0. The Morgan fingerprint density at radius 3 is 2.05 bits per heavy atom. The minimum Gasteiger partial charge on any atom is -0.550 e. The highest BCUT2D eigenvalue weighted by Gasteiger charge is 2.27. The lowest BCUT2D eigenvalue weighted by Crippen LogP contribution is -2.29. The molecule has 0 aliphatic carbocycles. The summed E-state index contributed by atoms with van der Waals surface area (Å²) in [6, 6.07) is 24.3. The van der Waals surface area contributed by atoms with E-state index < -0.39 is 24.6 Å². The maximum atomic E-state index is 14.0. The van der Waals surface area contributed by atoms with Crippen LogP contribution in [-0.2, 0) is 30.9 Å². The van der Waals surface area contributed by atoms with Crippen LogP contribution in [0.3, 0.4) is 0 Å². The van der Waals surface area contributed by atoms with E-state index in [-0.39, 0.29) is 24.9 Å². The average molecular weight is 588 g/mol. The first kappa shape index (κ1) is 32.1. The summed E-state index contributed by atoms with van der Waals surface area (Å²) >= 11 is 0. The normalized spacial score (nSPS) is 12.9. The smallest absolute Gasteiger partial charge is 0.123 e. The van der Waals surface area contributed by atoms with Gasteiger partial charge < -0.3 is 35.1 Å². The van der Waals surface area contributed by atoms with Crippen LogP contribution in [0, 0.1) is 5.82 Å². The van der Waals surface area contributed by atoms with Crippen LogP contribution in [0.15, 0.2) is 78.9 Å². The zero-order valence-corrected chi connectivity index (χ0v) is 24.7. The number of carbonyl (C=O) groups is 1. The molecule has 0 fully saturated rings. The molecule has 8 heteroatoms. The molecule has 0 saturated heterocycles. The molecular weight excluding hydrogens is 547 g/mol. The highest BCUT2D eigenvalue weighted by molar-refractivity contribution is 5.88. The zero-order valence-electron chi connectivity index (χ0n) is 24.7. The van der Waals surface area contributed by atoms with Gasteiger partial charge in [-0.25, -0.2) is 4.39 Å². The number of nitrogens with zero attached hydrogens (tertiary/aromatic N) is 1. The number of aliphatic hydroxyl groups is 3. The summed E-state index contributed by atoms with van der Waals surface area (Å²) in [5.74, 6) is -1.69. The summed E-state index contributed by atoms with van der Waals surface area (Å²) in [5.41, 5.74) is 7.78. The Kier molecular flexibility index (Phi) is 11.3. The van der Waals surface area contributed by atoms with Crippen molar-refractivity contribution in [2.75, 3.05) is 0 Å². The number of carboxylic acids is 1. The summed E-state index contributed by atoms with van der Waals surface area (Å²) in [4.78, 5) is 10.9. The summed E-state index contributed by atoms with van der Waals surface area (Å²) in [7, 11) is 0. The number of rotatable bonds is 15. The average Bonchev–Trinajstić information content (AvgIpc) is 3.31. The van der Waals surface area contributed by atoms with Crippen LogP contribution in [0.2, 0.25) is 0 Å². The molecule has 4 rings (SSSR count). The van der Waals surface area contributed by atoms with E-state index in [9.17, 15) is 29.6 Å². The highest BCUT2D eigenvalue weighted by atomic mass is 19.1. The fraction of sp³-hybridized carbons (Fsp3) is 0.343. The zero-order chi connectivity index (χ0) is 30.9. The summed E-state index contributed by atoms with van der Waals surface area (Å²) in [5, 5.41) is 44.7. The van der Waals surface area contributed by atoms with Gasteiger partial charge >= 0.3 is 0 Å². The second-order valence-corrected chi connectivity index (χ2v) is 11.2. The molecule has 1 aromatic heterocycles. The Morgan fingerprint density at radius 2 is 1.44 bits per heavy atom. The summed E-state index contributed by atoms with van der Waals surface area (Å²) in [6.07, 6.45) is -1.97. The Bertz CT molecular complexity index is 1470. The molecule has 228 valence electrons. The molecule has 0 aliphatic rings. The molecule has 2 atom stereocenters. The van der Waals surface area contributed by atoms with Crippen molar-refractivity contribution in [1.82, 2.24) is 9.88 Å². The van der Waals surface area contributed by atoms with Crippen molar-refractivity contribution < 1.29 is 29.6 Å². The molecule has 7 nitrogen and oxygen atoms in total. The largest absolute Gasteiger partial charge is 0.550 e. The van der Waals surface area contributed by atoms with Crippen molar-refractivity contribution in [3.05, 3.63) is 107 Å². The first-order valence-electron chi connectivity index (χ1n) is 14.7. The van der Waals surface area contributed by atoms with Crippen LogP contribution in [0.25, 0.3) is 22.3 Å². The summed E-state index contributed by atoms with van der Waals surface area (Å²) < 4.78 is 16.3. The van der Waals surface area contributed by atoms with Crippen molar-refractivity contribution in [3.63, 3.8) is 0 Å². The fourth-order valence-corrected chi connectivity index (χ4v) is 5.68. The van der Waals surface area contributed by atoms with E-state index in [0.717, 1.165) is 44.8 Å². The Balaban J connectivity index is 1.77. The van der Waals surface area contributed by atoms with Gasteiger partial charge in [0, 0.05) is 54.0 Å². The Labute approximate surface area is 252 Å². The second-order valence-electron chi connectivity index (χ2n) is 11.2. The third-order valence-corrected chi connectivity index (χ3v) is 7.61. The van der Waals surface area contributed by atoms with Gasteiger partial charge in [-0.1, -0.05) is 66.7 Å². The van der Waals surface area contributed by atoms with Crippen LogP contribution >= 0.6 is 0 Å². The maximum Gasteiger partial charge on any atom is 0.123 e. The minimum absolute atomic E-state index is 0.00455. The molecule has 0 radical (unpaired) electrons. The second kappa shape index (κ2) is 15.1. The van der Waals surface area contributed by atoms with E-state index in [4.69, 9.17) is 0 Å². The number of aromatic nitrogens is 1. The van der Waals surface area contributed by atoms with E-state index in [0.29, 0.717) is 25.9 Å². The van der Waals surface area contributed by atoms with Crippen molar-refractivity contribution in [3.8, 4) is 22.3 Å². The topological polar surface area (TPSA) is 118 Å². The van der Waals surface area contributed by atoms with Crippen LogP contribution in [0.4, 0.5) is 4.39 Å². The predicted molar refractivity (Wildman–Crippen MR) is 163 cm³/mol. The number of carboxylic acid groups (broad SMARTS) is 1. The van der Waals surface area contributed by atoms with Crippen molar-refractivity contribution in [2.24, 2.45) is 0 Å². The lowest BCUT2D eigenvalue weighted by Gasteiger charge is -2.21. The number of halogens is 1. The molecule has 3 aromatic carbocycles. The van der Waals surface area contributed by atoms with Gasteiger partial charge in [-0.05, 0) is 67.5 Å². The molecule has 4 N–H and O–H groups in total. The van der Waals surface area contributed by atoms with Crippen LogP contribution < -0.4 is 10.4 Å². The third kappa shape index (κ3) is 8.39. The number of hydrogen-bond donors (Lipinski definition) is 4. The van der Waals surface area contributed by atoms with Gasteiger partial charge in [0.2, 0.25) is 0 Å². The van der Waals surface area contributed by atoms with Crippen molar-refractivity contribution in [1.29, 1.82) is 0 Å². The number of nitrogens with one attached hydrogen (secondary N) is 1. The van der Waals surface area contributed by atoms with Crippen LogP contribution in [-0.4, -0.2) is 38.1 Å². The molecule has 0 saturated carbocycles. The van der Waals surface area contributed by atoms with Crippen molar-refractivity contribution in [2.45, 2.75) is 77.5 Å². The van der Waals surface area contributed by atoms with E-state index in [1.54, 1.807) is 12.1 Å². The molecular formula is C35H40FN2O5-. The van der Waals surface area contributed by atoms with E-state index in [1.807, 2.05) is 42.5 Å². The van der Waals surface area contributed by atoms with Gasteiger partial charge in [0.1, 0.15) is 5.82 Å². The highest BCUT2D eigenvalue weighted by Crippen LogP contribution is 2.42. The van der Waals surface area contributed by atoms with E-state index in [1.165, 1.54) is 12.1 Å². The van der Waals surface area contributed by atoms with Crippen LogP contribution in [0.5, 0.6) is 0 Å². The number of benzene rings is 3. The van der Waals surface area contributed by atoms with Gasteiger partial charge in [0.25, 0.3) is 0 Å². The standard InChI is InChI=1S/C35H41FN2O5/c1-23(2)38-31(17-16-29(40)18-30(41)19-33(42)43)34(27-12-14-28(36)15-13-27)35(26-6-4-3-5-7-26)32(38)21-37-20-24-8-10-25(22-39)11-9-24/h3-15,23,29-30,37,39-41H,16-22H2,1-2H3,(H,42,43)/p-1/t29-,30-/m1/s1. The number of carbonyl (C=O) groups excluding carboxylic acids is 1. The van der Waals surface area contributed by atoms with Gasteiger partial charge in [0.15, 0.2) is 0 Å². The molecule has 1 heterocycles. The number of aliphatic hydroxyl groups excluding tert-OH is 3. The van der Waals surface area contributed by atoms with Crippen molar-refractivity contribution >= 4 is 5.97 Å². The van der Waals surface area contributed by atoms with Gasteiger partial charge in [-0.3, -0.25) is 0 Å². The van der Waals surface area contributed by atoms with Gasteiger partial charge in [0.05, 0.1) is 18.8 Å². The monoisotopic (exact) mass is 587 g/mol. The van der Waals surface area contributed by atoms with Gasteiger partial charge in [-0.2, -0.15) is 0 Å². The molecule has 43 heavy (non-hydrogen) atoms. The third-order valence-electron chi connectivity index (χ3n) is 7.61. The predicted octanol–water partition coefficient (Wildman–Crippen LogP) is 4.51. The first-order valence-corrected chi connectivity index (χ1v) is 14.7. The molecule has 0 amide bonds. The van der Waals surface area contributed by atoms with Crippen LogP contribution in [0.1, 0.15) is 61.7 Å². The molecule has 4 aromatic rings. The van der Waals surface area contributed by atoms with E-state index >= 15 is 0 Å². The molecule has 0 unspecified atom stereocenters. The molecule has 0 spiro atoms. The molecule has 0 bridgehead atoms. The van der Waals surface area contributed by atoms with Gasteiger partial charge in [-0.15, -0.1) is 0 Å². The lowest BCUT2D eigenvalue weighted by molar-refractivity contribution is -0.307. The Morgan fingerprint density at radius 1 is 0.837 bits per heavy atom. The number of aliphatic carboxylic acids is 1. The SMILES string of the molecule is CC(C)n1c(CC[C@@H](O)C[C@@H](O)CC(=O)[O-])c(-c2ccc(F)cc2)c(-c2ccccc2)c1CNCc1ccc(CO)cc1. The number of hydrogen-bond acceptors (Lipinski definition) is 6.